The second-order valence-electron chi connectivity index (χ2n) is 7.90. The van der Waals surface area contributed by atoms with Crippen molar-refractivity contribution in [2.24, 2.45) is 17.2 Å². The van der Waals surface area contributed by atoms with Gasteiger partial charge in [-0.2, -0.15) is 0 Å². The van der Waals surface area contributed by atoms with E-state index in [1.807, 2.05) is 7.05 Å². The van der Waals surface area contributed by atoms with Gasteiger partial charge in [0.15, 0.2) is 6.29 Å². The van der Waals surface area contributed by atoms with Crippen LogP contribution in [0.2, 0.25) is 0 Å². The summed E-state index contributed by atoms with van der Waals surface area (Å²) in [5.41, 5.74) is 17.5. The molecule has 0 unspecified atom stereocenters. The first-order valence-electron chi connectivity index (χ1n) is 10.2. The summed E-state index contributed by atoms with van der Waals surface area (Å²) >= 11 is 0. The molecule has 0 radical (unpaired) electrons. The van der Waals surface area contributed by atoms with E-state index >= 15 is 0 Å². The third-order valence-electron chi connectivity index (χ3n) is 5.77. The average Bonchev–Trinajstić information content (AvgIpc) is 2.70. The molecular formula is C18H36N6O6. The molecule has 9 N–H and O–H groups in total. The molecule has 2 aliphatic rings. The van der Waals surface area contributed by atoms with Crippen LogP contribution in [0.4, 0.5) is 4.79 Å². The third kappa shape index (κ3) is 6.00. The highest BCUT2D eigenvalue weighted by atomic mass is 16.7. The third-order valence-corrected chi connectivity index (χ3v) is 5.77. The van der Waals surface area contributed by atoms with Crippen LogP contribution in [0.15, 0.2) is 0 Å². The van der Waals surface area contributed by atoms with Crippen molar-refractivity contribution < 1.29 is 28.9 Å². The Balaban J connectivity index is 2.12. The smallest absolute Gasteiger partial charge is 0.312 e. The van der Waals surface area contributed by atoms with Crippen LogP contribution < -0.4 is 27.8 Å². The number of hydrogen-bond acceptors (Lipinski definition) is 9. The highest BCUT2D eigenvalue weighted by Crippen LogP contribution is 2.30. The van der Waals surface area contributed by atoms with Gasteiger partial charge in [0, 0.05) is 26.7 Å². The fourth-order valence-corrected chi connectivity index (χ4v) is 4.10. The van der Waals surface area contributed by atoms with Crippen LogP contribution in [-0.4, -0.2) is 105 Å². The molecule has 0 bridgehead atoms. The van der Waals surface area contributed by atoms with Crippen LogP contribution >= 0.6 is 0 Å². The normalized spacial score (nSPS) is 36.9. The van der Waals surface area contributed by atoms with E-state index < -0.39 is 48.6 Å². The van der Waals surface area contributed by atoms with E-state index in [2.05, 4.69) is 10.6 Å². The van der Waals surface area contributed by atoms with Gasteiger partial charge < -0.3 is 52.1 Å². The number of nitrogens with zero attached hydrogens (tertiary/aromatic N) is 1. The summed E-state index contributed by atoms with van der Waals surface area (Å²) in [6.45, 7) is 0.357. The second kappa shape index (κ2) is 11.2. The summed E-state index contributed by atoms with van der Waals surface area (Å²) < 4.78 is 17.5. The van der Waals surface area contributed by atoms with Crippen LogP contribution in [0.3, 0.4) is 0 Å². The Morgan fingerprint density at radius 2 is 1.97 bits per heavy atom. The van der Waals surface area contributed by atoms with Crippen LogP contribution in [0, 0.1) is 0 Å². The van der Waals surface area contributed by atoms with Gasteiger partial charge in [-0.1, -0.05) is 0 Å². The first-order valence-corrected chi connectivity index (χ1v) is 10.2. The fraction of sp³-hybridized carbons (Fsp3) is 0.889. The van der Waals surface area contributed by atoms with Crippen molar-refractivity contribution in [2.75, 3.05) is 34.3 Å². The van der Waals surface area contributed by atoms with Crippen molar-refractivity contribution in [3.05, 3.63) is 0 Å². The quantitative estimate of drug-likeness (QED) is 0.233. The number of amides is 3. The molecule has 8 atom stereocenters. The van der Waals surface area contributed by atoms with Crippen LogP contribution in [0.5, 0.6) is 0 Å². The van der Waals surface area contributed by atoms with Crippen LogP contribution in [0.1, 0.15) is 19.3 Å². The molecule has 1 aliphatic carbocycles. The lowest BCUT2D eigenvalue weighted by molar-refractivity contribution is -0.254. The zero-order chi connectivity index (χ0) is 22.4. The standard InChI is InChI=1S/C18H36N6O6/c1-22-7-9-4-5-10(19)17(29-9)30-16-11(20)6-12(28-3)14(15(16)26)24(2)13(25)8-23-18(21)27/h9-12,14-17,22,26H,4-8,19-20H2,1-3H3,(H3,21,23,27)/t9-,10+,11-,12-,14+,15+,16+,17+/m0/s1. The Kier molecular flexibility index (Phi) is 9.22. The molecule has 2 fully saturated rings. The number of nitrogens with one attached hydrogen (secondary N) is 2. The minimum absolute atomic E-state index is 0.0524. The Morgan fingerprint density at radius 3 is 2.57 bits per heavy atom. The van der Waals surface area contributed by atoms with Gasteiger partial charge in [0.25, 0.3) is 0 Å². The van der Waals surface area contributed by atoms with E-state index in [-0.39, 0.29) is 18.7 Å². The molecule has 12 heteroatoms. The summed E-state index contributed by atoms with van der Waals surface area (Å²) in [6, 6.07) is -2.45. The molecule has 1 aliphatic heterocycles. The predicted octanol–water partition coefficient (Wildman–Crippen LogP) is -2.97. The van der Waals surface area contributed by atoms with Crippen LogP contribution in [0.25, 0.3) is 0 Å². The van der Waals surface area contributed by atoms with Crippen molar-refractivity contribution in [2.45, 2.75) is 68.1 Å². The molecule has 0 aromatic heterocycles. The number of rotatable bonds is 8. The highest BCUT2D eigenvalue weighted by Gasteiger charge is 2.48. The zero-order valence-corrected chi connectivity index (χ0v) is 17.8. The molecule has 2 rings (SSSR count). The zero-order valence-electron chi connectivity index (χ0n) is 17.8. The molecule has 0 aromatic carbocycles. The average molecular weight is 433 g/mol. The maximum Gasteiger partial charge on any atom is 0.312 e. The molecule has 1 heterocycles. The van der Waals surface area contributed by atoms with Gasteiger partial charge in [-0.15, -0.1) is 0 Å². The van der Waals surface area contributed by atoms with Gasteiger partial charge in [0.05, 0.1) is 30.8 Å². The second-order valence-corrected chi connectivity index (χ2v) is 7.90. The molecule has 1 saturated heterocycles. The topological polar surface area (TPSA) is 187 Å². The largest absolute Gasteiger partial charge is 0.388 e. The number of methoxy groups -OCH3 is 1. The van der Waals surface area contributed by atoms with Gasteiger partial charge in [-0.3, -0.25) is 4.79 Å². The van der Waals surface area contributed by atoms with Crippen molar-refractivity contribution in [3.63, 3.8) is 0 Å². The molecule has 30 heavy (non-hydrogen) atoms. The Morgan fingerprint density at radius 1 is 1.27 bits per heavy atom. The Bertz CT molecular complexity index is 583. The van der Waals surface area contributed by atoms with Crippen LogP contribution in [-0.2, 0) is 19.0 Å². The lowest BCUT2D eigenvalue weighted by Crippen LogP contribution is -2.67. The number of urea groups is 1. The summed E-state index contributed by atoms with van der Waals surface area (Å²) in [7, 11) is 4.84. The Labute approximate surface area is 176 Å². The first kappa shape index (κ1) is 24.7. The number of aliphatic hydroxyl groups is 1. The monoisotopic (exact) mass is 432 g/mol. The van der Waals surface area contributed by atoms with E-state index in [1.54, 1.807) is 0 Å². The lowest BCUT2D eigenvalue weighted by atomic mass is 9.83. The molecule has 174 valence electrons. The number of carbonyl (C=O) groups is 2. The van der Waals surface area contributed by atoms with Crippen molar-refractivity contribution in [3.8, 4) is 0 Å². The molecule has 3 amide bonds. The number of nitrogens with two attached hydrogens (primary N) is 3. The molecular weight excluding hydrogens is 396 g/mol. The van der Waals surface area contributed by atoms with Gasteiger partial charge in [-0.05, 0) is 26.3 Å². The molecule has 12 nitrogen and oxygen atoms in total. The minimum Gasteiger partial charge on any atom is -0.388 e. The summed E-state index contributed by atoms with van der Waals surface area (Å²) in [6.07, 6.45) is -1.38. The van der Waals surface area contributed by atoms with E-state index in [0.29, 0.717) is 13.0 Å². The first-order chi connectivity index (χ1) is 14.2. The van der Waals surface area contributed by atoms with Crippen molar-refractivity contribution in [1.29, 1.82) is 0 Å². The lowest BCUT2D eigenvalue weighted by Gasteiger charge is -2.48. The summed E-state index contributed by atoms with van der Waals surface area (Å²) in [4.78, 5) is 24.7. The maximum absolute atomic E-state index is 12.5. The van der Waals surface area contributed by atoms with Crippen molar-refractivity contribution >= 4 is 11.9 Å². The number of likely N-dealkylation sites (N-methyl/N-ethyl adjacent to an activating group) is 2. The van der Waals surface area contributed by atoms with Gasteiger partial charge in [0.1, 0.15) is 12.2 Å². The van der Waals surface area contributed by atoms with E-state index in [4.69, 9.17) is 31.4 Å². The summed E-state index contributed by atoms with van der Waals surface area (Å²) in [5, 5.41) is 16.4. The van der Waals surface area contributed by atoms with Gasteiger partial charge >= 0.3 is 6.03 Å². The number of carbonyl (C=O) groups excluding carboxylic acids is 2. The minimum atomic E-state index is -1.15. The SMILES string of the molecule is CNC[C@@H]1CC[C@@H](N)[C@@H](O[C@H]2[C@H](O)[C@H](N(C)C(=O)CNC(N)=O)[C@@H](OC)C[C@@H]2N)O1. The maximum atomic E-state index is 12.5. The number of hydrogen-bond donors (Lipinski definition) is 6. The highest BCUT2D eigenvalue weighted by molar-refractivity contribution is 5.83. The molecule has 0 aromatic rings. The molecule has 0 spiro atoms. The van der Waals surface area contributed by atoms with Gasteiger partial charge in [-0.25, -0.2) is 4.79 Å². The number of ether oxygens (including phenoxy) is 3. The number of aliphatic hydroxyl groups excluding tert-OH is 1. The van der Waals surface area contributed by atoms with E-state index in [0.717, 1.165) is 12.8 Å². The van der Waals surface area contributed by atoms with E-state index in [9.17, 15) is 14.7 Å². The number of primary amides is 1. The summed E-state index contributed by atoms with van der Waals surface area (Å²) in [5.74, 6) is -0.436. The fourth-order valence-electron chi connectivity index (χ4n) is 4.10. The predicted molar refractivity (Wildman–Crippen MR) is 108 cm³/mol. The Hall–Kier alpha value is -1.54. The van der Waals surface area contributed by atoms with Crippen molar-refractivity contribution in [1.82, 2.24) is 15.5 Å². The van der Waals surface area contributed by atoms with E-state index in [1.165, 1.54) is 19.1 Å². The molecule has 1 saturated carbocycles. The van der Waals surface area contributed by atoms with Gasteiger partial charge in [0.2, 0.25) is 5.91 Å².